The number of benzene rings is 1. The molecule has 3 rings (SSSR count). The van der Waals surface area contributed by atoms with Crippen LogP contribution in [0.15, 0.2) is 30.5 Å². The summed E-state index contributed by atoms with van der Waals surface area (Å²) in [4.78, 5) is 0. The Balaban J connectivity index is 1.88. The summed E-state index contributed by atoms with van der Waals surface area (Å²) in [5.41, 5.74) is 4.21. The molecule has 1 heterocycles. The standard InChI is InChI=1S/C15H15Cl2N/c16-13-6-5-11(9-14(13)17)10-18-8-7-12-3-1-2-4-15(12)18/h5-9H,1-4,10H2. The minimum absolute atomic E-state index is 0.620. The topological polar surface area (TPSA) is 4.93 Å². The number of aromatic nitrogens is 1. The quantitative estimate of drug-likeness (QED) is 0.750. The van der Waals surface area contributed by atoms with Crippen LogP contribution in [-0.2, 0) is 19.4 Å². The molecule has 18 heavy (non-hydrogen) atoms. The van der Waals surface area contributed by atoms with Crippen molar-refractivity contribution in [2.45, 2.75) is 32.2 Å². The van der Waals surface area contributed by atoms with Crippen LogP contribution < -0.4 is 0 Å². The smallest absolute Gasteiger partial charge is 0.0595 e. The molecule has 1 aromatic carbocycles. The number of nitrogens with zero attached hydrogens (tertiary/aromatic N) is 1. The molecule has 0 N–H and O–H groups in total. The van der Waals surface area contributed by atoms with Gasteiger partial charge in [0.2, 0.25) is 0 Å². The van der Waals surface area contributed by atoms with E-state index >= 15 is 0 Å². The fraction of sp³-hybridized carbons (Fsp3) is 0.333. The van der Waals surface area contributed by atoms with E-state index in [1.165, 1.54) is 42.5 Å². The normalized spacial score (nSPS) is 14.6. The first kappa shape index (κ1) is 12.1. The van der Waals surface area contributed by atoms with Gasteiger partial charge in [-0.25, -0.2) is 0 Å². The highest BCUT2D eigenvalue weighted by Gasteiger charge is 2.13. The molecule has 2 aromatic rings. The van der Waals surface area contributed by atoms with Crippen LogP contribution >= 0.6 is 23.2 Å². The van der Waals surface area contributed by atoms with Gasteiger partial charge in [0.25, 0.3) is 0 Å². The van der Waals surface area contributed by atoms with Crippen LogP contribution in [0, 0.1) is 0 Å². The van der Waals surface area contributed by atoms with Gasteiger partial charge in [-0.05, 0) is 55.0 Å². The lowest BCUT2D eigenvalue weighted by atomic mass is 9.98. The predicted octanol–water partition coefficient (Wildman–Crippen LogP) is 4.72. The summed E-state index contributed by atoms with van der Waals surface area (Å²) in [6.07, 6.45) is 7.24. The molecular weight excluding hydrogens is 265 g/mol. The highest BCUT2D eigenvalue weighted by Crippen LogP contribution is 2.25. The Labute approximate surface area is 117 Å². The van der Waals surface area contributed by atoms with Crippen LogP contribution in [0.5, 0.6) is 0 Å². The van der Waals surface area contributed by atoms with Gasteiger partial charge in [-0.15, -0.1) is 0 Å². The second-order valence-electron chi connectivity index (χ2n) is 4.87. The molecule has 1 aliphatic carbocycles. The van der Waals surface area contributed by atoms with E-state index in [1.54, 1.807) is 0 Å². The van der Waals surface area contributed by atoms with Gasteiger partial charge in [0.1, 0.15) is 0 Å². The van der Waals surface area contributed by atoms with E-state index in [1.807, 2.05) is 18.2 Å². The zero-order chi connectivity index (χ0) is 12.5. The molecule has 1 aliphatic rings. The molecule has 0 atom stereocenters. The van der Waals surface area contributed by atoms with Crippen LogP contribution in [-0.4, -0.2) is 4.57 Å². The van der Waals surface area contributed by atoms with E-state index in [-0.39, 0.29) is 0 Å². The molecule has 1 nitrogen and oxygen atoms in total. The van der Waals surface area contributed by atoms with Crippen LogP contribution in [0.1, 0.15) is 29.7 Å². The lowest BCUT2D eigenvalue weighted by Crippen LogP contribution is -2.08. The van der Waals surface area contributed by atoms with Gasteiger partial charge in [0.05, 0.1) is 10.0 Å². The van der Waals surface area contributed by atoms with Gasteiger partial charge in [-0.1, -0.05) is 29.3 Å². The Morgan fingerprint density at radius 1 is 1.00 bits per heavy atom. The van der Waals surface area contributed by atoms with E-state index in [0.29, 0.717) is 10.0 Å². The number of hydrogen-bond donors (Lipinski definition) is 0. The van der Waals surface area contributed by atoms with Crippen molar-refractivity contribution in [3.8, 4) is 0 Å². The largest absolute Gasteiger partial charge is 0.347 e. The summed E-state index contributed by atoms with van der Waals surface area (Å²) in [5.74, 6) is 0. The average molecular weight is 280 g/mol. The van der Waals surface area contributed by atoms with Gasteiger partial charge in [-0.2, -0.15) is 0 Å². The third-order valence-corrected chi connectivity index (χ3v) is 4.36. The van der Waals surface area contributed by atoms with Gasteiger partial charge in [-0.3, -0.25) is 0 Å². The summed E-state index contributed by atoms with van der Waals surface area (Å²) in [6, 6.07) is 8.13. The first-order valence-electron chi connectivity index (χ1n) is 6.35. The summed E-state index contributed by atoms with van der Waals surface area (Å²) >= 11 is 12.0. The zero-order valence-electron chi connectivity index (χ0n) is 10.1. The molecule has 0 bridgehead atoms. The third-order valence-electron chi connectivity index (χ3n) is 3.62. The Kier molecular flexibility index (Phi) is 3.36. The summed E-state index contributed by atoms with van der Waals surface area (Å²) < 4.78 is 2.34. The maximum atomic E-state index is 6.06. The van der Waals surface area contributed by atoms with Crippen molar-refractivity contribution >= 4 is 23.2 Å². The molecule has 0 spiro atoms. The van der Waals surface area contributed by atoms with Crippen molar-refractivity contribution in [3.63, 3.8) is 0 Å². The fourth-order valence-corrected chi connectivity index (χ4v) is 2.99. The van der Waals surface area contributed by atoms with Crippen molar-refractivity contribution in [1.29, 1.82) is 0 Å². The molecule has 0 saturated carbocycles. The molecule has 0 radical (unpaired) electrons. The minimum atomic E-state index is 0.620. The third kappa shape index (κ3) is 2.30. The van der Waals surface area contributed by atoms with Crippen LogP contribution in [0.25, 0.3) is 0 Å². The van der Waals surface area contributed by atoms with Gasteiger partial charge >= 0.3 is 0 Å². The van der Waals surface area contributed by atoms with Crippen molar-refractivity contribution in [3.05, 3.63) is 57.3 Å². The molecule has 0 amide bonds. The van der Waals surface area contributed by atoms with Crippen molar-refractivity contribution in [1.82, 2.24) is 4.57 Å². The van der Waals surface area contributed by atoms with E-state index in [9.17, 15) is 0 Å². The van der Waals surface area contributed by atoms with Crippen molar-refractivity contribution < 1.29 is 0 Å². The summed E-state index contributed by atoms with van der Waals surface area (Å²) in [6.45, 7) is 0.881. The predicted molar refractivity (Wildman–Crippen MR) is 76.6 cm³/mol. The lowest BCUT2D eigenvalue weighted by Gasteiger charge is -2.16. The SMILES string of the molecule is Clc1ccc(Cn2ccc3c2CCCC3)cc1Cl. The zero-order valence-corrected chi connectivity index (χ0v) is 11.6. The monoisotopic (exact) mass is 279 g/mol. The molecule has 0 fully saturated rings. The number of fused-ring (bicyclic) bond motifs is 1. The van der Waals surface area contributed by atoms with Crippen molar-refractivity contribution in [2.24, 2.45) is 0 Å². The maximum Gasteiger partial charge on any atom is 0.0595 e. The van der Waals surface area contributed by atoms with E-state index in [4.69, 9.17) is 23.2 Å². The first-order valence-corrected chi connectivity index (χ1v) is 7.10. The molecule has 0 unspecified atom stereocenters. The van der Waals surface area contributed by atoms with E-state index < -0.39 is 0 Å². The fourth-order valence-electron chi connectivity index (χ4n) is 2.67. The summed E-state index contributed by atoms with van der Waals surface area (Å²) in [5, 5.41) is 1.25. The highest BCUT2D eigenvalue weighted by molar-refractivity contribution is 6.42. The lowest BCUT2D eigenvalue weighted by molar-refractivity contribution is 0.631. The van der Waals surface area contributed by atoms with Crippen LogP contribution in [0.2, 0.25) is 10.0 Å². The minimum Gasteiger partial charge on any atom is -0.347 e. The average Bonchev–Trinajstić information content (AvgIpc) is 2.78. The van der Waals surface area contributed by atoms with Crippen LogP contribution in [0.4, 0.5) is 0 Å². The molecule has 3 heteroatoms. The summed E-state index contributed by atoms with van der Waals surface area (Å²) in [7, 11) is 0. The molecule has 94 valence electrons. The Hall–Kier alpha value is -0.920. The Morgan fingerprint density at radius 3 is 2.67 bits per heavy atom. The van der Waals surface area contributed by atoms with Gasteiger partial charge in [0, 0.05) is 18.4 Å². The van der Waals surface area contributed by atoms with E-state index in [0.717, 1.165) is 6.54 Å². The maximum absolute atomic E-state index is 6.06. The second-order valence-corrected chi connectivity index (χ2v) is 5.69. The highest BCUT2D eigenvalue weighted by atomic mass is 35.5. The van der Waals surface area contributed by atoms with E-state index in [2.05, 4.69) is 16.8 Å². The first-order chi connectivity index (χ1) is 8.74. The second kappa shape index (κ2) is 4.99. The number of halogens is 2. The van der Waals surface area contributed by atoms with Crippen molar-refractivity contribution in [2.75, 3.05) is 0 Å². The molecule has 0 saturated heterocycles. The molecular formula is C15H15Cl2N. The molecule has 0 aliphatic heterocycles. The van der Waals surface area contributed by atoms with Gasteiger partial charge in [0.15, 0.2) is 0 Å². The van der Waals surface area contributed by atoms with Gasteiger partial charge < -0.3 is 4.57 Å². The Bertz CT molecular complexity index is 572. The number of aryl methyl sites for hydroxylation is 1. The number of hydrogen-bond acceptors (Lipinski definition) is 0. The molecule has 1 aromatic heterocycles. The van der Waals surface area contributed by atoms with Crippen LogP contribution in [0.3, 0.4) is 0 Å². The number of rotatable bonds is 2. The Morgan fingerprint density at radius 2 is 1.83 bits per heavy atom.